The predicted octanol–water partition coefficient (Wildman–Crippen LogP) is 2.55. The van der Waals surface area contributed by atoms with Crippen molar-refractivity contribution in [3.63, 3.8) is 0 Å². The number of nitrogens with zero attached hydrogens (tertiary/aromatic N) is 1. The Morgan fingerprint density at radius 3 is 2.65 bits per heavy atom. The molecule has 0 saturated carbocycles. The van der Waals surface area contributed by atoms with E-state index in [9.17, 15) is 4.79 Å². The number of fused-ring (bicyclic) bond motifs is 1. The van der Waals surface area contributed by atoms with Crippen molar-refractivity contribution < 1.29 is 4.79 Å². The first kappa shape index (κ1) is 12.6. The van der Waals surface area contributed by atoms with Gasteiger partial charge in [-0.05, 0) is 19.0 Å². The van der Waals surface area contributed by atoms with Gasteiger partial charge in [-0.15, -0.1) is 11.3 Å². The Kier molecular flexibility index (Phi) is 3.04. The molecule has 1 aromatic rings. The van der Waals surface area contributed by atoms with Crippen LogP contribution >= 0.6 is 11.3 Å². The summed E-state index contributed by atoms with van der Waals surface area (Å²) < 4.78 is 0. The van der Waals surface area contributed by atoms with Gasteiger partial charge in [0.15, 0.2) is 5.78 Å². The molecule has 3 nitrogen and oxygen atoms in total. The van der Waals surface area contributed by atoms with E-state index in [-0.39, 0.29) is 11.2 Å². The minimum absolute atomic E-state index is 0.178. The normalized spacial score (nSPS) is 16.9. The standard InChI is InChI=1S/C13H20N2OS/c1-13(2,3)11(16)10-8-5-6-15(4)7-9(8)17-12(10)14/h5-7,14H2,1-4H3. The molecule has 0 spiro atoms. The van der Waals surface area contributed by atoms with Gasteiger partial charge in [0.05, 0.1) is 10.6 Å². The van der Waals surface area contributed by atoms with Crippen LogP contribution < -0.4 is 5.73 Å². The number of Topliss-reactive ketones (excluding diaryl/α,β-unsaturated/α-hetero) is 1. The zero-order valence-electron chi connectivity index (χ0n) is 11.0. The molecule has 2 N–H and O–H groups in total. The molecule has 2 rings (SSSR count). The number of thiophene rings is 1. The van der Waals surface area contributed by atoms with E-state index in [1.807, 2.05) is 20.8 Å². The second-order valence-electron chi connectivity index (χ2n) is 5.81. The number of hydrogen-bond donors (Lipinski definition) is 1. The van der Waals surface area contributed by atoms with E-state index < -0.39 is 0 Å². The van der Waals surface area contributed by atoms with Gasteiger partial charge < -0.3 is 10.6 Å². The van der Waals surface area contributed by atoms with E-state index in [1.54, 1.807) is 11.3 Å². The number of ketones is 1. The number of nitrogen functional groups attached to an aromatic ring is 1. The molecule has 1 aliphatic rings. The van der Waals surface area contributed by atoms with Crippen molar-refractivity contribution in [2.24, 2.45) is 5.41 Å². The molecule has 2 heterocycles. The van der Waals surface area contributed by atoms with Crippen LogP contribution in [0.25, 0.3) is 0 Å². The first-order valence-electron chi connectivity index (χ1n) is 5.94. The summed E-state index contributed by atoms with van der Waals surface area (Å²) >= 11 is 1.58. The monoisotopic (exact) mass is 252 g/mol. The Morgan fingerprint density at radius 1 is 1.41 bits per heavy atom. The molecule has 1 aromatic heterocycles. The number of nitrogens with two attached hydrogens (primary N) is 1. The van der Waals surface area contributed by atoms with E-state index >= 15 is 0 Å². The third-order valence-corrected chi connectivity index (χ3v) is 4.23. The summed E-state index contributed by atoms with van der Waals surface area (Å²) in [5.74, 6) is 0.178. The van der Waals surface area contributed by atoms with Crippen molar-refractivity contribution in [2.45, 2.75) is 33.7 Å². The van der Waals surface area contributed by atoms with Crippen molar-refractivity contribution in [1.82, 2.24) is 4.90 Å². The Morgan fingerprint density at radius 2 is 2.06 bits per heavy atom. The topological polar surface area (TPSA) is 46.3 Å². The highest BCUT2D eigenvalue weighted by molar-refractivity contribution is 7.16. The molecule has 0 bridgehead atoms. The van der Waals surface area contributed by atoms with Crippen molar-refractivity contribution in [3.05, 3.63) is 16.0 Å². The number of carbonyl (C=O) groups excluding carboxylic acids is 1. The molecule has 17 heavy (non-hydrogen) atoms. The van der Waals surface area contributed by atoms with Gasteiger partial charge in [-0.3, -0.25) is 4.79 Å². The van der Waals surface area contributed by atoms with Crippen LogP contribution in [0.15, 0.2) is 0 Å². The van der Waals surface area contributed by atoms with Gasteiger partial charge in [0.2, 0.25) is 0 Å². The second kappa shape index (κ2) is 4.10. The summed E-state index contributed by atoms with van der Waals surface area (Å²) in [5, 5.41) is 0.699. The van der Waals surface area contributed by atoms with Crippen molar-refractivity contribution in [3.8, 4) is 0 Å². The van der Waals surface area contributed by atoms with Crippen molar-refractivity contribution >= 4 is 22.1 Å². The van der Waals surface area contributed by atoms with Crippen LogP contribution in [-0.2, 0) is 13.0 Å². The first-order valence-corrected chi connectivity index (χ1v) is 6.75. The summed E-state index contributed by atoms with van der Waals surface area (Å²) in [6.45, 7) is 7.78. The second-order valence-corrected chi connectivity index (χ2v) is 6.95. The molecule has 0 amide bonds. The first-order chi connectivity index (χ1) is 7.80. The van der Waals surface area contributed by atoms with Gasteiger partial charge in [0.25, 0.3) is 0 Å². The van der Waals surface area contributed by atoms with Crippen LogP contribution in [0.5, 0.6) is 0 Å². The maximum absolute atomic E-state index is 12.4. The van der Waals surface area contributed by atoms with Crippen LogP contribution in [0.1, 0.15) is 41.6 Å². The van der Waals surface area contributed by atoms with Crippen LogP contribution in [-0.4, -0.2) is 24.3 Å². The minimum Gasteiger partial charge on any atom is -0.390 e. The molecule has 0 aliphatic carbocycles. The zero-order chi connectivity index (χ0) is 12.8. The lowest BCUT2D eigenvalue weighted by Gasteiger charge is -2.24. The summed E-state index contributed by atoms with van der Waals surface area (Å²) in [6.07, 6.45) is 0.941. The van der Waals surface area contributed by atoms with Crippen LogP contribution in [0.2, 0.25) is 0 Å². The summed E-state index contributed by atoms with van der Waals surface area (Å²) in [4.78, 5) is 15.9. The number of hydrogen-bond acceptors (Lipinski definition) is 4. The van der Waals surface area contributed by atoms with Crippen LogP contribution in [0.3, 0.4) is 0 Å². The van der Waals surface area contributed by atoms with E-state index in [1.165, 1.54) is 10.4 Å². The van der Waals surface area contributed by atoms with Gasteiger partial charge in [-0.1, -0.05) is 20.8 Å². The Balaban J connectivity index is 2.46. The summed E-state index contributed by atoms with van der Waals surface area (Å²) in [5.41, 5.74) is 7.68. The maximum atomic E-state index is 12.4. The Bertz CT molecular complexity index is 457. The zero-order valence-corrected chi connectivity index (χ0v) is 11.8. The lowest BCUT2D eigenvalue weighted by molar-refractivity contribution is 0.0858. The number of likely N-dealkylation sites (N-methyl/N-ethyl adjacent to an activating group) is 1. The lowest BCUT2D eigenvalue weighted by atomic mass is 9.84. The maximum Gasteiger partial charge on any atom is 0.171 e. The smallest absolute Gasteiger partial charge is 0.171 e. The van der Waals surface area contributed by atoms with Crippen LogP contribution in [0, 0.1) is 5.41 Å². The molecule has 94 valence electrons. The largest absolute Gasteiger partial charge is 0.390 e. The molecule has 0 atom stereocenters. The van der Waals surface area contributed by atoms with Gasteiger partial charge in [-0.25, -0.2) is 0 Å². The van der Waals surface area contributed by atoms with E-state index in [2.05, 4.69) is 11.9 Å². The van der Waals surface area contributed by atoms with E-state index in [4.69, 9.17) is 5.73 Å². The van der Waals surface area contributed by atoms with E-state index in [0.717, 1.165) is 25.1 Å². The fourth-order valence-electron chi connectivity index (χ4n) is 2.18. The van der Waals surface area contributed by atoms with Gasteiger partial charge >= 0.3 is 0 Å². The fourth-order valence-corrected chi connectivity index (χ4v) is 3.37. The van der Waals surface area contributed by atoms with E-state index in [0.29, 0.717) is 5.00 Å². The number of anilines is 1. The highest BCUT2D eigenvalue weighted by Gasteiger charge is 2.31. The molecule has 0 saturated heterocycles. The van der Waals surface area contributed by atoms with Crippen LogP contribution in [0.4, 0.5) is 5.00 Å². The molecule has 0 fully saturated rings. The summed E-state index contributed by atoms with van der Waals surface area (Å²) in [7, 11) is 2.10. The number of rotatable bonds is 1. The lowest BCUT2D eigenvalue weighted by Crippen LogP contribution is -2.28. The average molecular weight is 252 g/mol. The highest BCUT2D eigenvalue weighted by Crippen LogP contribution is 2.38. The third kappa shape index (κ3) is 2.24. The highest BCUT2D eigenvalue weighted by atomic mass is 32.1. The molecule has 1 aliphatic heterocycles. The van der Waals surface area contributed by atoms with Crippen molar-refractivity contribution in [1.29, 1.82) is 0 Å². The number of carbonyl (C=O) groups is 1. The Hall–Kier alpha value is -0.870. The third-order valence-electron chi connectivity index (χ3n) is 3.18. The average Bonchev–Trinajstić information content (AvgIpc) is 2.50. The predicted molar refractivity (Wildman–Crippen MR) is 72.6 cm³/mol. The minimum atomic E-state index is -0.355. The van der Waals surface area contributed by atoms with Gasteiger partial charge in [0.1, 0.15) is 0 Å². The SMILES string of the molecule is CN1CCc2c(sc(N)c2C(=O)C(C)(C)C)C1. The van der Waals surface area contributed by atoms with Gasteiger partial charge in [0, 0.05) is 23.4 Å². The Labute approximate surface area is 107 Å². The molecule has 4 heteroatoms. The molecular formula is C13H20N2OS. The fraction of sp³-hybridized carbons (Fsp3) is 0.615. The quantitative estimate of drug-likeness (QED) is 0.781. The molecule has 0 aromatic carbocycles. The summed E-state index contributed by atoms with van der Waals surface area (Å²) in [6, 6.07) is 0. The van der Waals surface area contributed by atoms with Gasteiger partial charge in [-0.2, -0.15) is 0 Å². The molecular weight excluding hydrogens is 232 g/mol. The molecule has 0 radical (unpaired) electrons. The molecule has 0 unspecified atom stereocenters. The van der Waals surface area contributed by atoms with Crippen molar-refractivity contribution in [2.75, 3.05) is 19.3 Å².